The molecule has 1 saturated carbocycles. The van der Waals surface area contributed by atoms with Gasteiger partial charge in [-0.25, -0.2) is 0 Å². The topological polar surface area (TPSA) is 91.0 Å². The molecule has 0 aromatic rings. The van der Waals surface area contributed by atoms with E-state index in [4.69, 9.17) is 10.9 Å². The molecule has 4 N–H and O–H groups in total. The number of rotatable bonds is 5. The van der Waals surface area contributed by atoms with Gasteiger partial charge >= 0.3 is 0 Å². The summed E-state index contributed by atoms with van der Waals surface area (Å²) in [5.41, 5.74) is 4.89. The van der Waals surface area contributed by atoms with Crippen LogP contribution in [0.2, 0.25) is 0 Å². The number of carbonyl (C=O) groups is 1. The second-order valence-corrected chi connectivity index (χ2v) is 5.23. The number of nitrogens with two attached hydrogens (primary N) is 1. The second kappa shape index (κ2) is 5.56. The number of likely N-dealkylation sites (tertiary alicyclic amines) is 1. The summed E-state index contributed by atoms with van der Waals surface area (Å²) < 4.78 is 0. The van der Waals surface area contributed by atoms with Crippen LogP contribution in [-0.2, 0) is 4.79 Å². The average Bonchev–Trinajstić information content (AvgIpc) is 2.80. The van der Waals surface area contributed by atoms with E-state index in [1.807, 2.05) is 0 Å². The van der Waals surface area contributed by atoms with Crippen molar-refractivity contribution >= 4 is 11.7 Å². The van der Waals surface area contributed by atoms with Gasteiger partial charge in [0.15, 0.2) is 5.84 Å². The smallest absolute Gasteiger partial charge is 0.233 e. The number of amidine groups is 1. The Kier molecular flexibility index (Phi) is 4.06. The zero-order valence-electron chi connectivity index (χ0n) is 10.7. The average molecular weight is 254 g/mol. The van der Waals surface area contributed by atoms with E-state index in [-0.39, 0.29) is 11.7 Å². The van der Waals surface area contributed by atoms with Crippen LogP contribution in [0.25, 0.3) is 0 Å². The van der Waals surface area contributed by atoms with Crippen LogP contribution in [0.5, 0.6) is 0 Å². The molecule has 1 aliphatic carbocycles. The Morgan fingerprint density at radius 3 is 2.50 bits per heavy atom. The van der Waals surface area contributed by atoms with Gasteiger partial charge in [-0.05, 0) is 38.8 Å². The molecule has 18 heavy (non-hydrogen) atoms. The molecule has 1 amide bonds. The van der Waals surface area contributed by atoms with Gasteiger partial charge in [0.25, 0.3) is 0 Å². The molecule has 0 atom stereocenters. The molecule has 6 nitrogen and oxygen atoms in total. The summed E-state index contributed by atoms with van der Waals surface area (Å²) in [5.74, 6) is -0.0457. The minimum atomic E-state index is -0.750. The van der Waals surface area contributed by atoms with Crippen molar-refractivity contribution in [2.24, 2.45) is 16.3 Å². The molecule has 6 heteroatoms. The van der Waals surface area contributed by atoms with Crippen LogP contribution in [0.15, 0.2) is 5.16 Å². The quantitative estimate of drug-likeness (QED) is 0.281. The van der Waals surface area contributed by atoms with Crippen LogP contribution in [-0.4, -0.2) is 48.0 Å². The molecular weight excluding hydrogens is 232 g/mol. The summed E-state index contributed by atoms with van der Waals surface area (Å²) in [5, 5.41) is 14.7. The van der Waals surface area contributed by atoms with Crippen molar-refractivity contribution in [3.63, 3.8) is 0 Å². The summed E-state index contributed by atoms with van der Waals surface area (Å²) in [7, 11) is 0. The van der Waals surface area contributed by atoms with Crippen molar-refractivity contribution in [3.05, 3.63) is 0 Å². The Labute approximate surface area is 107 Å². The standard InChI is InChI=1S/C12H22N4O2/c13-10(15-18)12(4-3-5-12)11(17)14-6-9-16-7-1-2-8-16/h18H,1-9H2,(H2,13,15)(H,14,17). The SMILES string of the molecule is NC(=NO)C1(C(=O)NCCN2CCCC2)CCC1. The van der Waals surface area contributed by atoms with Gasteiger partial charge in [-0.2, -0.15) is 0 Å². The first-order valence-corrected chi connectivity index (χ1v) is 6.68. The minimum absolute atomic E-state index is 0.0485. The lowest BCUT2D eigenvalue weighted by Gasteiger charge is -2.38. The van der Waals surface area contributed by atoms with E-state index < -0.39 is 5.41 Å². The Bertz CT molecular complexity index is 333. The first-order valence-electron chi connectivity index (χ1n) is 6.68. The van der Waals surface area contributed by atoms with Crippen molar-refractivity contribution in [2.45, 2.75) is 32.1 Å². The fourth-order valence-electron chi connectivity index (χ4n) is 2.73. The van der Waals surface area contributed by atoms with Crippen molar-refractivity contribution in [3.8, 4) is 0 Å². The van der Waals surface area contributed by atoms with Gasteiger partial charge in [-0.1, -0.05) is 11.6 Å². The molecule has 1 saturated heterocycles. The highest BCUT2D eigenvalue weighted by atomic mass is 16.4. The zero-order chi connectivity index (χ0) is 13.0. The molecule has 102 valence electrons. The third-order valence-electron chi connectivity index (χ3n) is 4.15. The van der Waals surface area contributed by atoms with Gasteiger partial charge < -0.3 is 21.2 Å². The summed E-state index contributed by atoms with van der Waals surface area (Å²) in [6.07, 6.45) is 4.82. The largest absolute Gasteiger partial charge is 0.409 e. The maximum atomic E-state index is 12.1. The van der Waals surface area contributed by atoms with E-state index in [9.17, 15) is 4.79 Å². The molecule has 2 aliphatic rings. The van der Waals surface area contributed by atoms with Crippen LogP contribution in [0.3, 0.4) is 0 Å². The van der Waals surface area contributed by atoms with Crippen LogP contribution >= 0.6 is 0 Å². The van der Waals surface area contributed by atoms with Gasteiger partial charge in [-0.15, -0.1) is 0 Å². The number of carbonyl (C=O) groups excluding carboxylic acids is 1. The van der Waals surface area contributed by atoms with Gasteiger partial charge in [0.05, 0.1) is 0 Å². The maximum absolute atomic E-state index is 12.1. The molecule has 0 radical (unpaired) electrons. The van der Waals surface area contributed by atoms with Gasteiger partial charge in [0, 0.05) is 13.1 Å². The molecule has 2 fully saturated rings. The molecule has 0 aromatic carbocycles. The van der Waals surface area contributed by atoms with Crippen molar-refractivity contribution in [1.82, 2.24) is 10.2 Å². The number of nitrogens with zero attached hydrogens (tertiary/aromatic N) is 2. The Morgan fingerprint density at radius 2 is 2.00 bits per heavy atom. The molecule has 0 spiro atoms. The summed E-state index contributed by atoms with van der Waals surface area (Å²) in [4.78, 5) is 14.5. The fourth-order valence-corrected chi connectivity index (χ4v) is 2.73. The lowest BCUT2D eigenvalue weighted by Crippen LogP contribution is -2.54. The molecular formula is C12H22N4O2. The lowest BCUT2D eigenvalue weighted by molar-refractivity contribution is -0.131. The van der Waals surface area contributed by atoms with Crippen molar-refractivity contribution in [1.29, 1.82) is 0 Å². The first-order chi connectivity index (χ1) is 8.69. The third-order valence-corrected chi connectivity index (χ3v) is 4.15. The first kappa shape index (κ1) is 13.1. The van der Waals surface area contributed by atoms with Gasteiger partial charge in [0.2, 0.25) is 5.91 Å². The van der Waals surface area contributed by atoms with E-state index in [1.54, 1.807) is 0 Å². The monoisotopic (exact) mass is 254 g/mol. The highest BCUT2D eigenvalue weighted by Gasteiger charge is 2.48. The van der Waals surface area contributed by atoms with Crippen LogP contribution in [0.4, 0.5) is 0 Å². The Morgan fingerprint density at radius 1 is 1.33 bits per heavy atom. The fraction of sp³-hybridized carbons (Fsp3) is 0.833. The van der Waals surface area contributed by atoms with E-state index in [0.717, 1.165) is 26.1 Å². The van der Waals surface area contributed by atoms with E-state index in [0.29, 0.717) is 19.4 Å². The van der Waals surface area contributed by atoms with Gasteiger partial charge in [0.1, 0.15) is 5.41 Å². The number of hydrogen-bond donors (Lipinski definition) is 3. The van der Waals surface area contributed by atoms with E-state index >= 15 is 0 Å². The normalized spacial score (nSPS) is 23.7. The molecule has 1 heterocycles. The summed E-state index contributed by atoms with van der Waals surface area (Å²) >= 11 is 0. The van der Waals surface area contributed by atoms with Crippen LogP contribution < -0.4 is 11.1 Å². The number of amides is 1. The zero-order valence-corrected chi connectivity index (χ0v) is 10.7. The van der Waals surface area contributed by atoms with Gasteiger partial charge in [-0.3, -0.25) is 4.79 Å². The molecule has 0 unspecified atom stereocenters. The summed E-state index contributed by atoms with van der Waals surface area (Å²) in [6.45, 7) is 3.78. The number of oxime groups is 1. The van der Waals surface area contributed by atoms with Crippen molar-refractivity contribution in [2.75, 3.05) is 26.2 Å². The van der Waals surface area contributed by atoms with Crippen LogP contribution in [0, 0.1) is 5.41 Å². The third kappa shape index (κ3) is 2.43. The van der Waals surface area contributed by atoms with E-state index in [1.165, 1.54) is 12.8 Å². The molecule has 0 aromatic heterocycles. The molecule has 0 bridgehead atoms. The molecule has 2 rings (SSSR count). The van der Waals surface area contributed by atoms with Crippen LogP contribution in [0.1, 0.15) is 32.1 Å². The van der Waals surface area contributed by atoms with Crippen molar-refractivity contribution < 1.29 is 10.0 Å². The van der Waals surface area contributed by atoms with E-state index in [2.05, 4.69) is 15.4 Å². The lowest BCUT2D eigenvalue weighted by atomic mass is 9.67. The Balaban J connectivity index is 1.79. The summed E-state index contributed by atoms with van der Waals surface area (Å²) in [6, 6.07) is 0. The molecule has 1 aliphatic heterocycles. The number of nitrogens with one attached hydrogen (secondary N) is 1. The minimum Gasteiger partial charge on any atom is -0.409 e. The highest BCUT2D eigenvalue weighted by molar-refractivity contribution is 6.07. The maximum Gasteiger partial charge on any atom is 0.233 e. The second-order valence-electron chi connectivity index (χ2n) is 5.23. The predicted molar refractivity (Wildman–Crippen MR) is 68.4 cm³/mol. The number of hydrogen-bond acceptors (Lipinski definition) is 4. The highest BCUT2D eigenvalue weighted by Crippen LogP contribution is 2.41. The predicted octanol–water partition coefficient (Wildman–Crippen LogP) is 0.115. The Hall–Kier alpha value is -1.30.